The summed E-state index contributed by atoms with van der Waals surface area (Å²) in [6, 6.07) is 19.2. The Morgan fingerprint density at radius 3 is 1.96 bits per heavy atom. The second kappa shape index (κ2) is 8.59. The third-order valence-electron chi connectivity index (χ3n) is 3.55. The van der Waals surface area contributed by atoms with Crippen molar-refractivity contribution in [3.63, 3.8) is 0 Å². The van der Waals surface area contributed by atoms with Crippen LogP contribution in [0.1, 0.15) is 0 Å². The average molecular weight is 384 g/mol. The number of nitrogens with zero attached hydrogens (tertiary/aromatic N) is 5. The Kier molecular flexibility index (Phi) is 5.97. The molecule has 0 bridgehead atoms. The van der Waals surface area contributed by atoms with Gasteiger partial charge in [0, 0.05) is 25.3 Å². The van der Waals surface area contributed by atoms with E-state index >= 15 is 0 Å². The van der Waals surface area contributed by atoms with Crippen LogP contribution >= 0.6 is 7.75 Å². The summed E-state index contributed by atoms with van der Waals surface area (Å²) < 4.78 is 21.2. The number of nitrogens with one attached hydrogen (secondary N) is 1. The van der Waals surface area contributed by atoms with Gasteiger partial charge in [-0.25, -0.2) is 15.0 Å². The minimum Gasteiger partial charge on any atom is -0.293 e. The molecular formula is C17H17N6O3P. The summed E-state index contributed by atoms with van der Waals surface area (Å²) in [4.78, 5) is 7.97. The van der Waals surface area contributed by atoms with Crippen molar-refractivity contribution >= 4 is 13.7 Å². The van der Waals surface area contributed by atoms with E-state index in [-0.39, 0.29) is 5.95 Å². The lowest BCUT2D eigenvalue weighted by molar-refractivity contribution is 0.275. The van der Waals surface area contributed by atoms with Gasteiger partial charge in [-0.05, 0) is 0 Å². The minimum atomic E-state index is -3.63. The van der Waals surface area contributed by atoms with Crippen LogP contribution in [0.15, 0.2) is 70.8 Å². The number of benzene rings is 2. The summed E-state index contributed by atoms with van der Waals surface area (Å²) in [5.74, 6) is 0.0936. The maximum absolute atomic E-state index is 11.9. The first-order valence-electron chi connectivity index (χ1n) is 7.90. The lowest BCUT2D eigenvalue weighted by atomic mass is 10.0. The van der Waals surface area contributed by atoms with E-state index in [1.54, 1.807) is 0 Å². The fraction of sp³-hybridized carbons (Fsp3) is 0.118. The minimum absolute atomic E-state index is 0.0936. The molecule has 0 saturated carbocycles. The van der Waals surface area contributed by atoms with Crippen LogP contribution in [0.5, 0.6) is 0 Å². The van der Waals surface area contributed by atoms with Crippen molar-refractivity contribution in [3.8, 4) is 22.5 Å². The van der Waals surface area contributed by atoms with Crippen molar-refractivity contribution in [2.24, 2.45) is 10.1 Å². The van der Waals surface area contributed by atoms with Crippen molar-refractivity contribution in [2.45, 2.75) is 0 Å². The van der Waals surface area contributed by atoms with Gasteiger partial charge in [0.15, 0.2) is 0 Å². The largest absolute Gasteiger partial charge is 0.472 e. The molecule has 0 radical (unpaired) electrons. The molecule has 0 aliphatic carbocycles. The number of hydrogen-bond acceptors (Lipinski definition) is 7. The fourth-order valence-corrected chi connectivity index (χ4v) is 2.68. The van der Waals surface area contributed by atoms with E-state index in [9.17, 15) is 4.57 Å². The van der Waals surface area contributed by atoms with Crippen LogP contribution in [0.3, 0.4) is 0 Å². The molecule has 3 rings (SSSR count). The van der Waals surface area contributed by atoms with Crippen molar-refractivity contribution in [1.82, 2.24) is 15.2 Å². The smallest absolute Gasteiger partial charge is 0.293 e. The van der Waals surface area contributed by atoms with E-state index < -0.39 is 7.75 Å². The second-order valence-electron chi connectivity index (χ2n) is 5.20. The number of aromatic nitrogens is 3. The molecule has 2 aromatic carbocycles. The SMILES string of the molecule is COP(=O)(/N=N/Nc1nnc(-c2ccccc2)c(-c2ccccc2)n1)OC. The summed E-state index contributed by atoms with van der Waals surface area (Å²) >= 11 is 0. The van der Waals surface area contributed by atoms with Crippen molar-refractivity contribution in [3.05, 3.63) is 60.7 Å². The van der Waals surface area contributed by atoms with Gasteiger partial charge in [0.2, 0.25) is 0 Å². The first-order valence-corrected chi connectivity index (χ1v) is 9.40. The van der Waals surface area contributed by atoms with Gasteiger partial charge in [-0.2, -0.15) is 0 Å². The molecule has 0 unspecified atom stereocenters. The van der Waals surface area contributed by atoms with Crippen LogP contribution < -0.4 is 5.43 Å². The molecule has 0 fully saturated rings. The van der Waals surface area contributed by atoms with Crippen LogP contribution in [-0.2, 0) is 13.6 Å². The molecule has 27 heavy (non-hydrogen) atoms. The highest BCUT2D eigenvalue weighted by molar-refractivity contribution is 7.52. The van der Waals surface area contributed by atoms with Crippen molar-refractivity contribution < 1.29 is 13.6 Å². The molecule has 1 N–H and O–H groups in total. The van der Waals surface area contributed by atoms with Crippen molar-refractivity contribution in [2.75, 3.05) is 19.6 Å². The zero-order chi connectivity index (χ0) is 19.1. The topological polar surface area (TPSA) is 111 Å². The van der Waals surface area contributed by atoms with Gasteiger partial charge in [0.1, 0.15) is 11.4 Å². The molecule has 10 heteroatoms. The van der Waals surface area contributed by atoms with Crippen LogP contribution in [0.25, 0.3) is 22.5 Å². The van der Waals surface area contributed by atoms with Gasteiger partial charge < -0.3 is 0 Å². The molecular weight excluding hydrogens is 367 g/mol. The van der Waals surface area contributed by atoms with Gasteiger partial charge in [0.25, 0.3) is 5.95 Å². The predicted octanol–water partition coefficient (Wildman–Crippen LogP) is 4.39. The number of hydrogen-bond donors (Lipinski definition) is 1. The normalized spacial score (nSPS) is 11.6. The zero-order valence-electron chi connectivity index (χ0n) is 14.7. The molecule has 0 aliphatic heterocycles. The van der Waals surface area contributed by atoms with E-state index in [2.05, 4.69) is 39.8 Å². The standard InChI is InChI=1S/C17H17N6O3P/c1-25-27(24,26-2)23-22-21-17-18-15(13-9-5-3-6-10-13)16(19-20-17)14-11-7-4-8-12-14/h3-12H,1-2H3,(H,18,20,21,23,24). The van der Waals surface area contributed by atoms with E-state index in [1.807, 2.05) is 60.7 Å². The molecule has 3 aromatic rings. The Morgan fingerprint density at radius 2 is 1.41 bits per heavy atom. The highest BCUT2D eigenvalue weighted by Gasteiger charge is 2.20. The Labute approximate surface area is 156 Å². The first kappa shape index (κ1) is 18.8. The van der Waals surface area contributed by atoms with Crippen LogP contribution in [-0.4, -0.2) is 29.4 Å². The third kappa shape index (κ3) is 4.59. The zero-order valence-corrected chi connectivity index (χ0v) is 15.6. The summed E-state index contributed by atoms with van der Waals surface area (Å²) in [5.41, 5.74) is 5.50. The van der Waals surface area contributed by atoms with Gasteiger partial charge in [-0.3, -0.25) is 9.05 Å². The molecule has 138 valence electrons. The monoisotopic (exact) mass is 384 g/mol. The lowest BCUT2D eigenvalue weighted by Gasteiger charge is -2.09. The first-order chi connectivity index (χ1) is 13.1. The molecule has 0 saturated heterocycles. The molecule has 0 spiro atoms. The number of rotatable bonds is 7. The van der Waals surface area contributed by atoms with Gasteiger partial charge in [0.05, 0.1) is 0 Å². The van der Waals surface area contributed by atoms with E-state index in [0.717, 1.165) is 11.1 Å². The third-order valence-corrected chi connectivity index (χ3v) is 4.78. The van der Waals surface area contributed by atoms with Crippen LogP contribution in [0, 0.1) is 0 Å². The van der Waals surface area contributed by atoms with Crippen LogP contribution in [0.4, 0.5) is 5.95 Å². The highest BCUT2D eigenvalue weighted by atomic mass is 31.2. The summed E-state index contributed by atoms with van der Waals surface area (Å²) in [7, 11) is -1.20. The summed E-state index contributed by atoms with van der Waals surface area (Å²) in [5, 5.41) is 11.9. The number of anilines is 1. The van der Waals surface area contributed by atoms with E-state index in [4.69, 9.17) is 0 Å². The maximum Gasteiger partial charge on any atom is 0.472 e. The van der Waals surface area contributed by atoms with E-state index in [0.29, 0.717) is 11.4 Å². The van der Waals surface area contributed by atoms with E-state index in [1.165, 1.54) is 14.2 Å². The molecule has 0 aliphatic rings. The summed E-state index contributed by atoms with van der Waals surface area (Å²) in [6.45, 7) is 0. The maximum atomic E-state index is 11.9. The Morgan fingerprint density at radius 1 is 0.852 bits per heavy atom. The molecule has 1 heterocycles. The quantitative estimate of drug-likeness (QED) is 0.365. The van der Waals surface area contributed by atoms with Crippen LogP contribution in [0.2, 0.25) is 0 Å². The average Bonchev–Trinajstić information content (AvgIpc) is 2.75. The Hall–Kier alpha value is -3.00. The summed E-state index contributed by atoms with van der Waals surface area (Å²) in [6.07, 6.45) is 0. The highest BCUT2D eigenvalue weighted by Crippen LogP contribution is 2.48. The predicted molar refractivity (Wildman–Crippen MR) is 101 cm³/mol. The van der Waals surface area contributed by atoms with Gasteiger partial charge in [-0.1, -0.05) is 70.8 Å². The van der Waals surface area contributed by atoms with Gasteiger partial charge in [-0.15, -0.1) is 10.2 Å². The molecule has 1 aromatic heterocycles. The fourth-order valence-electron chi connectivity index (χ4n) is 2.23. The molecule has 0 atom stereocenters. The molecule has 0 amide bonds. The second-order valence-corrected chi connectivity index (χ2v) is 7.05. The lowest BCUT2D eigenvalue weighted by Crippen LogP contribution is -2.02. The Balaban J connectivity index is 1.97. The van der Waals surface area contributed by atoms with Gasteiger partial charge >= 0.3 is 7.75 Å². The molecule has 9 nitrogen and oxygen atoms in total. The van der Waals surface area contributed by atoms with Crippen molar-refractivity contribution in [1.29, 1.82) is 0 Å². The Bertz CT molecular complexity index is 961.